The molecule has 0 spiro atoms. The van der Waals surface area contributed by atoms with E-state index in [0.29, 0.717) is 6.42 Å². The second-order valence-corrected chi connectivity index (χ2v) is 7.22. The summed E-state index contributed by atoms with van der Waals surface area (Å²) in [5.41, 5.74) is 5.40. The van der Waals surface area contributed by atoms with Crippen LogP contribution in [-0.4, -0.2) is 87.0 Å². The number of nitrogens with one attached hydrogen (secondary N) is 3. The highest BCUT2D eigenvalue weighted by Crippen LogP contribution is 2.10. The van der Waals surface area contributed by atoms with Crippen LogP contribution in [0.25, 0.3) is 0 Å². The molecular formula is C18H32N4O9. The maximum Gasteiger partial charge on any atom is 0.328 e. The molecule has 0 aromatic rings. The summed E-state index contributed by atoms with van der Waals surface area (Å²) in [5, 5.41) is 43.3. The van der Waals surface area contributed by atoms with E-state index in [1.807, 2.05) is 0 Å². The monoisotopic (exact) mass is 448 g/mol. The van der Waals surface area contributed by atoms with E-state index < -0.39 is 78.9 Å². The molecule has 0 aliphatic rings. The Kier molecular flexibility index (Phi) is 12.3. The predicted octanol–water partition coefficient (Wildman–Crippen LogP) is -2.86. The number of nitrogens with two attached hydrogens (primary N) is 1. The van der Waals surface area contributed by atoms with Gasteiger partial charge in [0.25, 0.3) is 0 Å². The summed E-state index contributed by atoms with van der Waals surface area (Å²) in [5.74, 6) is -5.81. The summed E-state index contributed by atoms with van der Waals surface area (Å²) < 4.78 is 0. The standard InChI is InChI=1S/C18H32N4O9/c1-4-8(2)13(17(29)22-14(9(3)24)18(30)31)21-16(28)11(5-6-12(25)26)20-15(27)10(19)7-23/h8-11,13-14,23-24H,4-7,19H2,1-3H3,(H,20,27)(H,21,28)(H,22,29)(H,25,26)(H,30,31). The Morgan fingerprint density at radius 1 is 0.903 bits per heavy atom. The summed E-state index contributed by atoms with van der Waals surface area (Å²) in [4.78, 5) is 59.4. The van der Waals surface area contributed by atoms with Crippen molar-refractivity contribution in [2.24, 2.45) is 11.7 Å². The molecule has 0 rings (SSSR count). The summed E-state index contributed by atoms with van der Waals surface area (Å²) >= 11 is 0. The van der Waals surface area contributed by atoms with Crippen molar-refractivity contribution in [3.8, 4) is 0 Å². The van der Waals surface area contributed by atoms with Gasteiger partial charge in [-0.2, -0.15) is 0 Å². The SMILES string of the molecule is CCC(C)C(NC(=O)C(CCC(=O)O)NC(=O)C(N)CO)C(=O)NC(C(=O)O)C(C)O. The third-order valence-electron chi connectivity index (χ3n) is 4.65. The average Bonchev–Trinajstić information content (AvgIpc) is 2.70. The van der Waals surface area contributed by atoms with Crippen molar-refractivity contribution in [2.75, 3.05) is 6.61 Å². The number of carboxylic acid groups (broad SMARTS) is 2. The number of aliphatic hydroxyl groups excluding tert-OH is 2. The number of aliphatic hydroxyl groups is 2. The van der Waals surface area contributed by atoms with Crippen molar-refractivity contribution in [1.82, 2.24) is 16.0 Å². The maximum absolute atomic E-state index is 12.7. The Morgan fingerprint density at radius 3 is 1.87 bits per heavy atom. The highest BCUT2D eigenvalue weighted by Gasteiger charge is 2.34. The van der Waals surface area contributed by atoms with Crippen LogP contribution in [0.15, 0.2) is 0 Å². The molecule has 0 saturated carbocycles. The smallest absolute Gasteiger partial charge is 0.328 e. The van der Waals surface area contributed by atoms with E-state index in [-0.39, 0.29) is 6.42 Å². The zero-order chi connectivity index (χ0) is 24.3. The maximum atomic E-state index is 12.7. The van der Waals surface area contributed by atoms with E-state index in [0.717, 1.165) is 0 Å². The first-order valence-corrected chi connectivity index (χ1v) is 9.75. The molecule has 0 saturated heterocycles. The molecule has 31 heavy (non-hydrogen) atoms. The minimum Gasteiger partial charge on any atom is -0.481 e. The van der Waals surface area contributed by atoms with Crippen LogP contribution >= 0.6 is 0 Å². The third kappa shape index (κ3) is 9.72. The minimum absolute atomic E-state index is 0.314. The first kappa shape index (κ1) is 28.2. The predicted molar refractivity (Wildman–Crippen MR) is 106 cm³/mol. The van der Waals surface area contributed by atoms with Gasteiger partial charge >= 0.3 is 11.9 Å². The second-order valence-electron chi connectivity index (χ2n) is 7.22. The van der Waals surface area contributed by atoms with Gasteiger partial charge in [-0.1, -0.05) is 20.3 Å². The molecule has 0 radical (unpaired) electrons. The van der Waals surface area contributed by atoms with Crippen molar-refractivity contribution in [1.29, 1.82) is 0 Å². The fourth-order valence-corrected chi connectivity index (χ4v) is 2.49. The highest BCUT2D eigenvalue weighted by atomic mass is 16.4. The van der Waals surface area contributed by atoms with Crippen LogP contribution in [0.1, 0.15) is 40.0 Å². The molecular weight excluding hydrogens is 416 g/mol. The number of amides is 3. The Morgan fingerprint density at radius 2 is 1.45 bits per heavy atom. The van der Waals surface area contributed by atoms with Gasteiger partial charge in [-0.05, 0) is 19.3 Å². The summed E-state index contributed by atoms with van der Waals surface area (Å²) in [7, 11) is 0. The molecule has 0 fully saturated rings. The van der Waals surface area contributed by atoms with Crippen molar-refractivity contribution in [3.05, 3.63) is 0 Å². The topological polar surface area (TPSA) is 228 Å². The van der Waals surface area contributed by atoms with Crippen LogP contribution in [0.3, 0.4) is 0 Å². The number of aliphatic carboxylic acids is 2. The Balaban J connectivity index is 5.56. The van der Waals surface area contributed by atoms with Crippen LogP contribution in [0.2, 0.25) is 0 Å². The van der Waals surface area contributed by atoms with Gasteiger partial charge in [0.15, 0.2) is 6.04 Å². The Bertz CT molecular complexity index is 656. The molecule has 0 aromatic carbocycles. The molecule has 13 heteroatoms. The second kappa shape index (κ2) is 13.5. The molecule has 13 nitrogen and oxygen atoms in total. The van der Waals surface area contributed by atoms with E-state index in [4.69, 9.17) is 21.1 Å². The average molecular weight is 448 g/mol. The first-order valence-electron chi connectivity index (χ1n) is 9.75. The molecule has 0 aromatic heterocycles. The third-order valence-corrected chi connectivity index (χ3v) is 4.65. The quantitative estimate of drug-likeness (QED) is 0.135. The molecule has 178 valence electrons. The zero-order valence-corrected chi connectivity index (χ0v) is 17.7. The van der Waals surface area contributed by atoms with E-state index in [1.54, 1.807) is 13.8 Å². The molecule has 9 N–H and O–H groups in total. The lowest BCUT2D eigenvalue weighted by molar-refractivity contribution is -0.145. The van der Waals surface area contributed by atoms with E-state index >= 15 is 0 Å². The van der Waals surface area contributed by atoms with E-state index in [9.17, 15) is 29.1 Å². The number of carbonyl (C=O) groups excluding carboxylic acids is 3. The fourth-order valence-electron chi connectivity index (χ4n) is 2.49. The van der Waals surface area contributed by atoms with Gasteiger partial charge in [0.05, 0.1) is 12.7 Å². The molecule has 3 amide bonds. The summed E-state index contributed by atoms with van der Waals surface area (Å²) in [6.07, 6.45) is -1.79. The van der Waals surface area contributed by atoms with Gasteiger partial charge < -0.3 is 42.1 Å². The molecule has 0 aliphatic heterocycles. The van der Waals surface area contributed by atoms with Crippen LogP contribution in [0.4, 0.5) is 0 Å². The number of carboxylic acids is 2. The Hall–Kier alpha value is -2.77. The van der Waals surface area contributed by atoms with Gasteiger partial charge in [0.1, 0.15) is 18.1 Å². The van der Waals surface area contributed by atoms with Gasteiger partial charge in [-0.15, -0.1) is 0 Å². The van der Waals surface area contributed by atoms with Gasteiger partial charge in [0, 0.05) is 6.42 Å². The highest BCUT2D eigenvalue weighted by molar-refractivity contribution is 5.94. The Labute approximate surface area is 179 Å². The van der Waals surface area contributed by atoms with E-state index in [2.05, 4.69) is 16.0 Å². The fraction of sp³-hybridized carbons (Fsp3) is 0.722. The lowest BCUT2D eigenvalue weighted by Gasteiger charge is -2.28. The summed E-state index contributed by atoms with van der Waals surface area (Å²) in [6.45, 7) is 3.82. The van der Waals surface area contributed by atoms with Gasteiger partial charge in [-0.25, -0.2) is 4.79 Å². The molecule has 6 unspecified atom stereocenters. The molecule has 0 bridgehead atoms. The van der Waals surface area contributed by atoms with Crippen molar-refractivity contribution < 1.29 is 44.4 Å². The van der Waals surface area contributed by atoms with Crippen molar-refractivity contribution in [3.63, 3.8) is 0 Å². The molecule has 6 atom stereocenters. The minimum atomic E-state index is -1.61. The number of hydrogen-bond donors (Lipinski definition) is 8. The van der Waals surface area contributed by atoms with Crippen LogP contribution < -0.4 is 21.7 Å². The van der Waals surface area contributed by atoms with Gasteiger partial charge in [-0.3, -0.25) is 19.2 Å². The summed E-state index contributed by atoms with van der Waals surface area (Å²) in [6, 6.07) is -5.54. The van der Waals surface area contributed by atoms with Crippen LogP contribution in [0, 0.1) is 5.92 Å². The number of rotatable bonds is 14. The lowest BCUT2D eigenvalue weighted by atomic mass is 9.97. The van der Waals surface area contributed by atoms with Crippen molar-refractivity contribution >= 4 is 29.7 Å². The largest absolute Gasteiger partial charge is 0.481 e. The first-order chi connectivity index (χ1) is 14.3. The van der Waals surface area contributed by atoms with Crippen molar-refractivity contribution in [2.45, 2.75) is 70.3 Å². The zero-order valence-electron chi connectivity index (χ0n) is 17.7. The molecule has 0 heterocycles. The lowest BCUT2D eigenvalue weighted by Crippen LogP contribution is -2.60. The molecule has 0 aliphatic carbocycles. The number of hydrogen-bond acceptors (Lipinski definition) is 8. The van der Waals surface area contributed by atoms with Crippen LogP contribution in [0.5, 0.6) is 0 Å². The van der Waals surface area contributed by atoms with Gasteiger partial charge in [0.2, 0.25) is 17.7 Å². The van der Waals surface area contributed by atoms with E-state index in [1.165, 1.54) is 6.92 Å². The normalized spacial score (nSPS) is 16.7. The number of carbonyl (C=O) groups is 5. The van der Waals surface area contributed by atoms with Crippen LogP contribution in [-0.2, 0) is 24.0 Å².